The number of fused-ring (bicyclic) bond motifs is 1. The smallest absolute Gasteiger partial charge is 0.175 e. The third-order valence-electron chi connectivity index (χ3n) is 4.08. The molecule has 0 N–H and O–H groups in total. The van der Waals surface area contributed by atoms with E-state index < -0.39 is 9.84 Å². The predicted octanol–water partition coefficient (Wildman–Crippen LogP) is 3.40. The van der Waals surface area contributed by atoms with Gasteiger partial charge >= 0.3 is 0 Å². The van der Waals surface area contributed by atoms with E-state index >= 15 is 0 Å². The molecular formula is C19H22BrN3O3S. The van der Waals surface area contributed by atoms with Gasteiger partial charge in [0.05, 0.1) is 17.2 Å². The van der Waals surface area contributed by atoms with Gasteiger partial charge in [-0.2, -0.15) is 0 Å². The summed E-state index contributed by atoms with van der Waals surface area (Å²) >= 11 is 3.46. The average Bonchev–Trinajstić information content (AvgIpc) is 2.99. The number of rotatable bonds is 8. The molecule has 0 saturated carbocycles. The summed E-state index contributed by atoms with van der Waals surface area (Å²) in [6.45, 7) is 2.13. The molecule has 0 aliphatic carbocycles. The lowest BCUT2D eigenvalue weighted by atomic mass is 10.3. The van der Waals surface area contributed by atoms with Gasteiger partial charge in [-0.1, -0.05) is 6.07 Å². The normalized spacial score (nSPS) is 12.0. The standard InChI is InChI=1S/C19H22BrN3O3S/c1-22(13-16-14-23-12-15(20)7-8-19(23)21-16)9-4-10-26-17-5-3-6-18(11-17)27(2,24)25/h3,5-8,11-12,14H,4,9-10,13H2,1-2H3. The van der Waals surface area contributed by atoms with E-state index in [1.165, 1.54) is 6.26 Å². The highest BCUT2D eigenvalue weighted by molar-refractivity contribution is 9.10. The topological polar surface area (TPSA) is 63.9 Å². The lowest BCUT2D eigenvalue weighted by Gasteiger charge is -2.15. The van der Waals surface area contributed by atoms with Gasteiger partial charge in [0.2, 0.25) is 0 Å². The second kappa shape index (κ2) is 8.41. The number of aromatic nitrogens is 2. The molecule has 0 saturated heterocycles. The highest BCUT2D eigenvalue weighted by atomic mass is 79.9. The quantitative estimate of drug-likeness (QED) is 0.491. The fourth-order valence-corrected chi connectivity index (χ4v) is 3.78. The summed E-state index contributed by atoms with van der Waals surface area (Å²) < 4.78 is 31.9. The summed E-state index contributed by atoms with van der Waals surface area (Å²) in [5.74, 6) is 0.575. The Kier molecular flexibility index (Phi) is 6.18. The number of halogens is 1. The van der Waals surface area contributed by atoms with Gasteiger partial charge < -0.3 is 14.0 Å². The minimum atomic E-state index is -3.22. The Bertz CT molecular complexity index is 1030. The molecule has 0 bridgehead atoms. The maximum atomic E-state index is 11.6. The molecule has 0 amide bonds. The Labute approximate surface area is 167 Å². The second-order valence-corrected chi connectivity index (χ2v) is 9.46. The van der Waals surface area contributed by atoms with Crippen LogP contribution in [-0.4, -0.2) is 49.2 Å². The molecule has 0 unspecified atom stereocenters. The first-order chi connectivity index (χ1) is 12.8. The molecular weight excluding hydrogens is 430 g/mol. The lowest BCUT2D eigenvalue weighted by molar-refractivity contribution is 0.257. The zero-order valence-corrected chi connectivity index (χ0v) is 17.7. The molecule has 0 atom stereocenters. The largest absolute Gasteiger partial charge is 0.494 e. The molecule has 0 radical (unpaired) electrons. The number of ether oxygens (including phenoxy) is 1. The number of hydrogen-bond acceptors (Lipinski definition) is 5. The first-order valence-electron chi connectivity index (χ1n) is 8.56. The van der Waals surface area contributed by atoms with E-state index in [0.717, 1.165) is 35.3 Å². The molecule has 2 heterocycles. The summed E-state index contributed by atoms with van der Waals surface area (Å²) in [5.41, 5.74) is 1.94. The summed E-state index contributed by atoms with van der Waals surface area (Å²) in [7, 11) is -1.17. The number of sulfone groups is 1. The SMILES string of the molecule is CN(CCCOc1cccc(S(C)(=O)=O)c1)Cc1cn2cc(Br)ccc2n1. The predicted molar refractivity (Wildman–Crippen MR) is 109 cm³/mol. The van der Waals surface area contributed by atoms with Crippen molar-refractivity contribution >= 4 is 31.4 Å². The van der Waals surface area contributed by atoms with Crippen molar-refractivity contribution in [3.05, 3.63) is 59.0 Å². The van der Waals surface area contributed by atoms with Gasteiger partial charge in [-0.3, -0.25) is 0 Å². The fraction of sp³-hybridized carbons (Fsp3) is 0.316. The van der Waals surface area contributed by atoms with Crippen molar-refractivity contribution in [3.8, 4) is 5.75 Å². The van der Waals surface area contributed by atoms with Crippen LogP contribution in [0.5, 0.6) is 5.75 Å². The van der Waals surface area contributed by atoms with E-state index in [4.69, 9.17) is 4.74 Å². The minimum absolute atomic E-state index is 0.274. The highest BCUT2D eigenvalue weighted by Crippen LogP contribution is 2.17. The first-order valence-corrected chi connectivity index (χ1v) is 11.2. The van der Waals surface area contributed by atoms with Crippen LogP contribution in [0.25, 0.3) is 5.65 Å². The molecule has 2 aromatic heterocycles. The fourth-order valence-electron chi connectivity index (χ4n) is 2.77. The van der Waals surface area contributed by atoms with Crippen molar-refractivity contribution in [2.75, 3.05) is 26.5 Å². The molecule has 144 valence electrons. The molecule has 6 nitrogen and oxygen atoms in total. The first kappa shape index (κ1) is 19.9. The molecule has 8 heteroatoms. The highest BCUT2D eigenvalue weighted by Gasteiger charge is 2.08. The third kappa shape index (κ3) is 5.54. The average molecular weight is 452 g/mol. The Morgan fingerprint density at radius 1 is 1.22 bits per heavy atom. The van der Waals surface area contributed by atoms with Gasteiger partial charge in [-0.15, -0.1) is 0 Å². The molecule has 0 fully saturated rings. The van der Waals surface area contributed by atoms with Crippen molar-refractivity contribution in [3.63, 3.8) is 0 Å². The van der Waals surface area contributed by atoms with E-state index in [-0.39, 0.29) is 4.90 Å². The van der Waals surface area contributed by atoms with Crippen LogP contribution in [0.1, 0.15) is 12.1 Å². The van der Waals surface area contributed by atoms with Crippen LogP contribution in [-0.2, 0) is 16.4 Å². The number of benzene rings is 1. The summed E-state index contributed by atoms with van der Waals surface area (Å²) in [6, 6.07) is 10.6. The van der Waals surface area contributed by atoms with Gasteiger partial charge in [0.25, 0.3) is 0 Å². The van der Waals surface area contributed by atoms with Gasteiger partial charge in [0, 0.05) is 36.2 Å². The summed E-state index contributed by atoms with van der Waals surface area (Å²) in [6.07, 6.45) is 6.05. The van der Waals surface area contributed by atoms with E-state index in [9.17, 15) is 8.42 Å². The zero-order chi connectivity index (χ0) is 19.4. The van der Waals surface area contributed by atoms with E-state index in [1.807, 2.05) is 36.0 Å². The molecule has 1 aromatic carbocycles. The number of hydrogen-bond donors (Lipinski definition) is 0. The maximum absolute atomic E-state index is 11.6. The summed E-state index contributed by atoms with van der Waals surface area (Å²) in [5, 5.41) is 0. The van der Waals surface area contributed by atoms with Crippen molar-refractivity contribution in [2.24, 2.45) is 0 Å². The van der Waals surface area contributed by atoms with Gasteiger partial charge in [0.1, 0.15) is 11.4 Å². The molecule has 0 aliphatic rings. The van der Waals surface area contributed by atoms with Crippen LogP contribution < -0.4 is 4.74 Å². The van der Waals surface area contributed by atoms with Crippen molar-refractivity contribution in [2.45, 2.75) is 17.9 Å². The molecule has 3 rings (SSSR count). The van der Waals surface area contributed by atoms with E-state index in [0.29, 0.717) is 12.4 Å². The molecule has 27 heavy (non-hydrogen) atoms. The van der Waals surface area contributed by atoms with E-state index in [2.05, 4.69) is 25.8 Å². The zero-order valence-electron chi connectivity index (χ0n) is 15.3. The van der Waals surface area contributed by atoms with Gasteiger partial charge in [0.15, 0.2) is 9.84 Å². The summed E-state index contributed by atoms with van der Waals surface area (Å²) in [4.78, 5) is 7.08. The monoisotopic (exact) mass is 451 g/mol. The Morgan fingerprint density at radius 2 is 2.04 bits per heavy atom. The molecule has 0 aliphatic heterocycles. The van der Waals surface area contributed by atoms with Crippen molar-refractivity contribution < 1.29 is 13.2 Å². The third-order valence-corrected chi connectivity index (χ3v) is 5.66. The number of imidazole rings is 1. The maximum Gasteiger partial charge on any atom is 0.175 e. The Morgan fingerprint density at radius 3 is 2.81 bits per heavy atom. The van der Waals surface area contributed by atoms with Crippen LogP contribution in [0, 0.1) is 0 Å². The number of pyridine rings is 1. The van der Waals surface area contributed by atoms with Gasteiger partial charge in [-0.05, 0) is 59.7 Å². The van der Waals surface area contributed by atoms with E-state index in [1.54, 1.807) is 24.3 Å². The van der Waals surface area contributed by atoms with Crippen LogP contribution in [0.2, 0.25) is 0 Å². The minimum Gasteiger partial charge on any atom is -0.494 e. The van der Waals surface area contributed by atoms with Crippen LogP contribution in [0.3, 0.4) is 0 Å². The second-order valence-electron chi connectivity index (χ2n) is 6.53. The number of nitrogens with zero attached hydrogens (tertiary/aromatic N) is 3. The van der Waals surface area contributed by atoms with Crippen LogP contribution in [0.15, 0.2) is 58.2 Å². The lowest BCUT2D eigenvalue weighted by Crippen LogP contribution is -2.21. The molecule has 0 spiro atoms. The van der Waals surface area contributed by atoms with Crippen LogP contribution in [0.4, 0.5) is 0 Å². The molecule has 3 aromatic rings. The van der Waals surface area contributed by atoms with Crippen LogP contribution >= 0.6 is 15.9 Å². The Hall–Kier alpha value is -1.90. The van der Waals surface area contributed by atoms with Crippen molar-refractivity contribution in [1.29, 1.82) is 0 Å². The van der Waals surface area contributed by atoms with Gasteiger partial charge in [-0.25, -0.2) is 13.4 Å². The Balaban J connectivity index is 1.47. The van der Waals surface area contributed by atoms with Crippen molar-refractivity contribution in [1.82, 2.24) is 14.3 Å².